The van der Waals surface area contributed by atoms with Crippen molar-refractivity contribution in [3.05, 3.63) is 17.9 Å². The van der Waals surface area contributed by atoms with Crippen molar-refractivity contribution in [2.75, 3.05) is 6.54 Å². The van der Waals surface area contributed by atoms with Crippen LogP contribution in [0.5, 0.6) is 0 Å². The number of hydrogen-bond donors (Lipinski definition) is 2. The predicted molar refractivity (Wildman–Crippen MR) is 77.8 cm³/mol. The zero-order valence-electron chi connectivity index (χ0n) is 12.3. The van der Waals surface area contributed by atoms with Crippen molar-refractivity contribution in [2.24, 2.45) is 11.8 Å². The van der Waals surface area contributed by atoms with Gasteiger partial charge in [-0.2, -0.15) is 0 Å². The first-order valence-electron chi connectivity index (χ1n) is 7.20. The molecule has 0 spiro atoms. The summed E-state index contributed by atoms with van der Waals surface area (Å²) in [5.74, 6) is 1.39. The molecule has 1 aliphatic carbocycles. The van der Waals surface area contributed by atoms with Crippen LogP contribution in [-0.4, -0.2) is 21.0 Å². The monoisotopic (exact) mass is 300 g/mol. The molecule has 5 nitrogen and oxygen atoms in total. The Bertz CT molecular complexity index is 532. The molecule has 1 fully saturated rings. The van der Waals surface area contributed by atoms with Crippen LogP contribution in [0.1, 0.15) is 39.4 Å². The van der Waals surface area contributed by atoms with Crippen LogP contribution in [0.15, 0.2) is 21.6 Å². The van der Waals surface area contributed by atoms with Gasteiger partial charge in [0, 0.05) is 12.6 Å². The van der Waals surface area contributed by atoms with E-state index in [1.807, 2.05) is 6.92 Å². The average Bonchev–Trinajstić information content (AvgIpc) is 3.09. The summed E-state index contributed by atoms with van der Waals surface area (Å²) in [6.07, 6.45) is 2.39. The second-order valence-corrected chi connectivity index (χ2v) is 7.65. The highest BCUT2D eigenvalue weighted by Gasteiger charge is 2.23. The Morgan fingerprint density at radius 3 is 2.60 bits per heavy atom. The number of furan rings is 1. The van der Waals surface area contributed by atoms with Gasteiger partial charge >= 0.3 is 0 Å². The molecule has 2 N–H and O–H groups in total. The molecule has 0 aromatic carbocycles. The number of rotatable bonds is 8. The van der Waals surface area contributed by atoms with Crippen LogP contribution in [0.4, 0.5) is 0 Å². The van der Waals surface area contributed by atoms with Crippen LogP contribution < -0.4 is 10.0 Å². The van der Waals surface area contributed by atoms with Crippen LogP contribution >= 0.6 is 0 Å². The summed E-state index contributed by atoms with van der Waals surface area (Å²) >= 11 is 0. The van der Waals surface area contributed by atoms with Gasteiger partial charge < -0.3 is 9.73 Å². The van der Waals surface area contributed by atoms with E-state index in [0.29, 0.717) is 30.8 Å². The van der Waals surface area contributed by atoms with Crippen LogP contribution in [-0.2, 0) is 16.6 Å². The van der Waals surface area contributed by atoms with Crippen LogP contribution in [0, 0.1) is 11.8 Å². The first-order chi connectivity index (χ1) is 9.38. The highest BCUT2D eigenvalue weighted by atomic mass is 32.2. The van der Waals surface area contributed by atoms with Crippen LogP contribution in [0.25, 0.3) is 0 Å². The van der Waals surface area contributed by atoms with Crippen molar-refractivity contribution in [1.82, 2.24) is 10.0 Å². The molecule has 0 bridgehead atoms. The molecule has 1 atom stereocenters. The van der Waals surface area contributed by atoms with Crippen LogP contribution in [0.2, 0.25) is 0 Å². The zero-order valence-corrected chi connectivity index (χ0v) is 13.2. The van der Waals surface area contributed by atoms with Crippen molar-refractivity contribution in [2.45, 2.75) is 51.3 Å². The fraction of sp³-hybridized carbons (Fsp3) is 0.714. The standard InChI is InChI=1S/C14H24N2O3S/c1-10(2)11(3)8-16-20(17,18)14-7-6-13(19-14)9-15-12-4-5-12/h6-7,10-12,15-16H,4-5,8-9H2,1-3H3. The maximum atomic E-state index is 12.1. The molecule has 1 saturated carbocycles. The van der Waals surface area contributed by atoms with Gasteiger partial charge in [-0.1, -0.05) is 20.8 Å². The lowest BCUT2D eigenvalue weighted by Crippen LogP contribution is -2.30. The molecule has 0 aliphatic heterocycles. The second-order valence-electron chi connectivity index (χ2n) is 5.95. The molecule has 0 saturated heterocycles. The molecule has 2 rings (SSSR count). The molecule has 1 aromatic heterocycles. The summed E-state index contributed by atoms with van der Waals surface area (Å²) in [7, 11) is -3.54. The minimum absolute atomic E-state index is 0.000975. The van der Waals surface area contributed by atoms with E-state index in [0.717, 1.165) is 0 Å². The smallest absolute Gasteiger partial charge is 0.273 e. The number of sulfonamides is 1. The highest BCUT2D eigenvalue weighted by Crippen LogP contribution is 2.20. The van der Waals surface area contributed by atoms with E-state index in [9.17, 15) is 8.42 Å². The SMILES string of the molecule is CC(C)C(C)CNS(=O)(=O)c1ccc(CNC2CC2)o1. The molecule has 1 aliphatic rings. The van der Waals surface area contributed by atoms with Gasteiger partial charge in [0.05, 0.1) is 6.54 Å². The Hall–Kier alpha value is -0.850. The maximum Gasteiger partial charge on any atom is 0.273 e. The van der Waals surface area contributed by atoms with Crippen molar-refractivity contribution >= 4 is 10.0 Å². The Morgan fingerprint density at radius 1 is 1.30 bits per heavy atom. The predicted octanol–water partition coefficient (Wildman–Crippen LogP) is 2.10. The van der Waals surface area contributed by atoms with Crippen molar-refractivity contribution in [3.8, 4) is 0 Å². The third-order valence-corrected chi connectivity index (χ3v) is 5.07. The highest BCUT2D eigenvalue weighted by molar-refractivity contribution is 7.89. The molecule has 1 aromatic rings. The van der Waals surface area contributed by atoms with Crippen LogP contribution in [0.3, 0.4) is 0 Å². The van der Waals surface area contributed by atoms with Gasteiger partial charge in [-0.25, -0.2) is 13.1 Å². The van der Waals surface area contributed by atoms with E-state index in [4.69, 9.17) is 4.42 Å². The second kappa shape index (κ2) is 6.28. The molecule has 1 heterocycles. The van der Waals surface area contributed by atoms with Gasteiger partial charge in [0.1, 0.15) is 5.76 Å². The molecular formula is C14H24N2O3S. The summed E-state index contributed by atoms with van der Waals surface area (Å²) < 4.78 is 32.2. The van der Waals surface area contributed by atoms with Gasteiger partial charge in [-0.3, -0.25) is 0 Å². The minimum Gasteiger partial charge on any atom is -0.447 e. The van der Waals surface area contributed by atoms with Crippen molar-refractivity contribution in [3.63, 3.8) is 0 Å². The van der Waals surface area contributed by atoms with E-state index in [1.54, 1.807) is 6.07 Å². The van der Waals surface area contributed by atoms with Gasteiger partial charge in [0.25, 0.3) is 10.0 Å². The molecule has 114 valence electrons. The molecule has 6 heteroatoms. The minimum atomic E-state index is -3.54. The Labute approximate surface area is 121 Å². The fourth-order valence-corrected chi connectivity index (χ4v) is 2.77. The molecule has 0 radical (unpaired) electrons. The molecule has 0 amide bonds. The summed E-state index contributed by atoms with van der Waals surface area (Å²) in [6.45, 7) is 7.19. The van der Waals surface area contributed by atoms with E-state index >= 15 is 0 Å². The normalized spacial score (nSPS) is 17.6. The quantitative estimate of drug-likeness (QED) is 0.771. The van der Waals surface area contributed by atoms with Gasteiger partial charge in [0.15, 0.2) is 0 Å². The largest absolute Gasteiger partial charge is 0.447 e. The Morgan fingerprint density at radius 2 is 2.00 bits per heavy atom. The fourth-order valence-electron chi connectivity index (χ4n) is 1.68. The summed E-state index contributed by atoms with van der Waals surface area (Å²) in [6, 6.07) is 3.81. The molecular weight excluding hydrogens is 276 g/mol. The third-order valence-electron chi connectivity index (χ3n) is 3.78. The first-order valence-corrected chi connectivity index (χ1v) is 8.68. The average molecular weight is 300 g/mol. The van der Waals surface area contributed by atoms with E-state index in [-0.39, 0.29) is 11.0 Å². The summed E-state index contributed by atoms with van der Waals surface area (Å²) in [4.78, 5) is 0. The Balaban J connectivity index is 1.90. The molecule has 1 unspecified atom stereocenters. The van der Waals surface area contributed by atoms with E-state index in [2.05, 4.69) is 23.9 Å². The topological polar surface area (TPSA) is 71.3 Å². The lowest BCUT2D eigenvalue weighted by Gasteiger charge is -2.15. The summed E-state index contributed by atoms with van der Waals surface area (Å²) in [5, 5.41) is 3.29. The first kappa shape index (κ1) is 15.5. The lowest BCUT2D eigenvalue weighted by molar-refractivity contribution is 0.389. The van der Waals surface area contributed by atoms with E-state index in [1.165, 1.54) is 18.9 Å². The lowest BCUT2D eigenvalue weighted by atomic mass is 9.99. The Kier molecular flexibility index (Phi) is 4.88. The van der Waals surface area contributed by atoms with Gasteiger partial charge in [0.2, 0.25) is 5.09 Å². The van der Waals surface area contributed by atoms with Crippen molar-refractivity contribution < 1.29 is 12.8 Å². The maximum absolute atomic E-state index is 12.1. The zero-order chi connectivity index (χ0) is 14.8. The number of nitrogens with one attached hydrogen (secondary N) is 2. The van der Waals surface area contributed by atoms with Gasteiger partial charge in [-0.05, 0) is 36.8 Å². The van der Waals surface area contributed by atoms with Crippen molar-refractivity contribution in [1.29, 1.82) is 0 Å². The van der Waals surface area contributed by atoms with E-state index < -0.39 is 10.0 Å². The van der Waals surface area contributed by atoms with Gasteiger partial charge in [-0.15, -0.1) is 0 Å². The molecule has 20 heavy (non-hydrogen) atoms. The number of hydrogen-bond acceptors (Lipinski definition) is 4. The third kappa shape index (κ3) is 4.33. The summed E-state index contributed by atoms with van der Waals surface area (Å²) in [5.41, 5.74) is 0.